The van der Waals surface area contributed by atoms with E-state index in [-0.39, 0.29) is 17.0 Å². The fraction of sp³-hybridized carbons (Fsp3) is 0.227. The summed E-state index contributed by atoms with van der Waals surface area (Å²) in [5.41, 5.74) is -0.485. The predicted octanol–water partition coefficient (Wildman–Crippen LogP) is 4.98. The van der Waals surface area contributed by atoms with Gasteiger partial charge in [-0.15, -0.1) is 11.3 Å². The van der Waals surface area contributed by atoms with E-state index in [4.69, 9.17) is 9.47 Å². The van der Waals surface area contributed by atoms with Crippen molar-refractivity contribution in [2.45, 2.75) is 19.1 Å². The maximum absolute atomic E-state index is 13.7. The second kappa shape index (κ2) is 8.74. The number of methoxy groups -OCH3 is 2. The molecule has 1 amide bonds. The first-order valence-corrected chi connectivity index (χ1v) is 10.6. The summed E-state index contributed by atoms with van der Waals surface area (Å²) in [4.78, 5) is 17.7. The molecule has 0 aliphatic heterocycles. The Bertz CT molecular complexity index is 1300. The summed E-state index contributed by atoms with van der Waals surface area (Å²) in [6.45, 7) is 1.72. The zero-order chi connectivity index (χ0) is 23.8. The SMILES string of the molecule is COc1ccc(OC)c(C(C)NC(=O)c2cc3nc(-c4cccs4)cc(C(F)(F)F)n3n2)c1. The van der Waals surface area contributed by atoms with Crippen molar-refractivity contribution in [3.8, 4) is 22.1 Å². The monoisotopic (exact) mass is 476 g/mol. The highest BCUT2D eigenvalue weighted by Crippen LogP contribution is 2.34. The number of ether oxygens (including phenoxy) is 2. The van der Waals surface area contributed by atoms with Crippen LogP contribution in [0.3, 0.4) is 0 Å². The lowest BCUT2D eigenvalue weighted by Gasteiger charge is -2.17. The summed E-state index contributed by atoms with van der Waals surface area (Å²) < 4.78 is 52.4. The lowest BCUT2D eigenvalue weighted by atomic mass is 10.1. The fourth-order valence-electron chi connectivity index (χ4n) is 3.36. The number of halogens is 3. The number of thiophene rings is 1. The van der Waals surface area contributed by atoms with Gasteiger partial charge in [0.25, 0.3) is 5.91 Å². The number of rotatable bonds is 6. The second-order valence-corrected chi connectivity index (χ2v) is 8.05. The van der Waals surface area contributed by atoms with Gasteiger partial charge < -0.3 is 14.8 Å². The number of hydrogen-bond donors (Lipinski definition) is 1. The van der Waals surface area contributed by atoms with Gasteiger partial charge in [0.05, 0.1) is 30.8 Å². The zero-order valence-corrected chi connectivity index (χ0v) is 18.6. The molecule has 1 aromatic carbocycles. The summed E-state index contributed by atoms with van der Waals surface area (Å²) in [7, 11) is 3.01. The number of amides is 1. The molecule has 1 N–H and O–H groups in total. The molecule has 0 saturated heterocycles. The normalized spacial score (nSPS) is 12.5. The molecular weight excluding hydrogens is 457 g/mol. The van der Waals surface area contributed by atoms with Gasteiger partial charge in [-0.2, -0.15) is 18.3 Å². The van der Waals surface area contributed by atoms with Gasteiger partial charge in [0.2, 0.25) is 0 Å². The van der Waals surface area contributed by atoms with Crippen LogP contribution in [0.1, 0.15) is 34.7 Å². The lowest BCUT2D eigenvalue weighted by molar-refractivity contribution is -0.142. The first-order chi connectivity index (χ1) is 15.7. The van der Waals surface area contributed by atoms with Gasteiger partial charge in [0.15, 0.2) is 17.0 Å². The molecular formula is C22H19F3N4O3S. The van der Waals surface area contributed by atoms with E-state index >= 15 is 0 Å². The number of carbonyl (C=O) groups is 1. The van der Waals surface area contributed by atoms with Crippen molar-refractivity contribution in [1.29, 1.82) is 0 Å². The van der Waals surface area contributed by atoms with Crippen LogP contribution in [0.2, 0.25) is 0 Å². The lowest BCUT2D eigenvalue weighted by Crippen LogP contribution is -2.27. The Hall–Kier alpha value is -3.60. The van der Waals surface area contributed by atoms with Gasteiger partial charge in [-0.05, 0) is 42.6 Å². The molecule has 1 atom stereocenters. The molecule has 11 heteroatoms. The van der Waals surface area contributed by atoms with Crippen molar-refractivity contribution in [3.63, 3.8) is 0 Å². The molecule has 172 valence electrons. The van der Waals surface area contributed by atoms with Crippen LogP contribution in [0.25, 0.3) is 16.2 Å². The van der Waals surface area contributed by atoms with Crippen molar-refractivity contribution >= 4 is 22.9 Å². The molecule has 3 heterocycles. The molecule has 4 rings (SSSR count). The number of alkyl halides is 3. The quantitative estimate of drug-likeness (QED) is 0.425. The maximum atomic E-state index is 13.7. The van der Waals surface area contributed by atoms with E-state index in [1.165, 1.54) is 31.6 Å². The van der Waals surface area contributed by atoms with Crippen molar-refractivity contribution in [2.24, 2.45) is 0 Å². The van der Waals surface area contributed by atoms with Crippen LogP contribution in [0, 0.1) is 0 Å². The Morgan fingerprint density at radius 3 is 2.58 bits per heavy atom. The van der Waals surface area contributed by atoms with E-state index in [2.05, 4.69) is 15.4 Å². The maximum Gasteiger partial charge on any atom is 0.433 e. The molecule has 0 saturated carbocycles. The van der Waals surface area contributed by atoms with E-state index in [0.29, 0.717) is 26.5 Å². The molecule has 33 heavy (non-hydrogen) atoms. The third kappa shape index (κ3) is 4.49. The van der Waals surface area contributed by atoms with E-state index in [9.17, 15) is 18.0 Å². The average Bonchev–Trinajstić information content (AvgIpc) is 3.47. The van der Waals surface area contributed by atoms with E-state index in [1.54, 1.807) is 42.6 Å². The molecule has 0 radical (unpaired) electrons. The number of benzene rings is 1. The third-order valence-electron chi connectivity index (χ3n) is 4.97. The van der Waals surface area contributed by atoms with Gasteiger partial charge in [0, 0.05) is 11.6 Å². The van der Waals surface area contributed by atoms with E-state index in [1.807, 2.05) is 0 Å². The van der Waals surface area contributed by atoms with E-state index < -0.39 is 23.8 Å². The Labute approximate surface area is 190 Å². The summed E-state index contributed by atoms with van der Waals surface area (Å²) in [6.07, 6.45) is -4.69. The molecule has 4 aromatic rings. The minimum atomic E-state index is -4.69. The van der Waals surface area contributed by atoms with Crippen LogP contribution in [-0.2, 0) is 6.18 Å². The fourth-order valence-corrected chi connectivity index (χ4v) is 4.05. The number of nitrogens with zero attached hydrogens (tertiary/aromatic N) is 3. The van der Waals surface area contributed by atoms with Gasteiger partial charge >= 0.3 is 6.18 Å². The van der Waals surface area contributed by atoms with E-state index in [0.717, 1.165) is 6.07 Å². The number of hydrogen-bond acceptors (Lipinski definition) is 6. The number of nitrogens with one attached hydrogen (secondary N) is 1. The highest BCUT2D eigenvalue weighted by atomic mass is 32.1. The molecule has 1 unspecified atom stereocenters. The Balaban J connectivity index is 1.69. The van der Waals surface area contributed by atoms with Crippen LogP contribution < -0.4 is 14.8 Å². The third-order valence-corrected chi connectivity index (χ3v) is 5.87. The molecule has 3 aromatic heterocycles. The number of carbonyl (C=O) groups excluding carboxylic acids is 1. The molecule has 0 spiro atoms. The summed E-state index contributed by atoms with van der Waals surface area (Å²) in [5.74, 6) is 0.448. The first kappa shape index (κ1) is 22.6. The second-order valence-electron chi connectivity index (χ2n) is 7.10. The minimum absolute atomic E-state index is 0.0787. The Morgan fingerprint density at radius 1 is 1.15 bits per heavy atom. The number of aromatic nitrogens is 3. The van der Waals surface area contributed by atoms with Crippen LogP contribution in [-0.4, -0.2) is 34.7 Å². The molecule has 0 bridgehead atoms. The van der Waals surface area contributed by atoms with Crippen LogP contribution in [0.5, 0.6) is 11.5 Å². The van der Waals surface area contributed by atoms with Gasteiger partial charge in [-0.3, -0.25) is 4.79 Å². The summed E-state index contributed by atoms with van der Waals surface area (Å²) in [5, 5.41) is 8.38. The number of fused-ring (bicyclic) bond motifs is 1. The van der Waals surface area contributed by atoms with Crippen LogP contribution in [0.15, 0.2) is 47.8 Å². The van der Waals surface area contributed by atoms with Crippen molar-refractivity contribution in [2.75, 3.05) is 14.2 Å². The molecule has 7 nitrogen and oxygen atoms in total. The highest BCUT2D eigenvalue weighted by molar-refractivity contribution is 7.13. The summed E-state index contributed by atoms with van der Waals surface area (Å²) >= 11 is 1.27. The largest absolute Gasteiger partial charge is 0.497 e. The molecule has 0 fully saturated rings. The standard InChI is InChI=1S/C22H19F3N4O3S/c1-12(14-9-13(31-2)6-7-17(14)32-3)26-21(30)16-11-20-27-15(18-5-4-8-33-18)10-19(22(23,24)25)29(20)28-16/h4-12H,1-3H3,(H,26,30). The Kier molecular flexibility index (Phi) is 5.98. The van der Waals surface area contributed by atoms with Gasteiger partial charge in [-0.25, -0.2) is 9.50 Å². The highest BCUT2D eigenvalue weighted by Gasteiger charge is 2.36. The topological polar surface area (TPSA) is 77.8 Å². The average molecular weight is 476 g/mol. The molecule has 0 aliphatic carbocycles. The summed E-state index contributed by atoms with van der Waals surface area (Å²) in [6, 6.07) is 10.2. The van der Waals surface area contributed by atoms with Crippen molar-refractivity contribution in [1.82, 2.24) is 19.9 Å². The van der Waals surface area contributed by atoms with Crippen LogP contribution in [0.4, 0.5) is 13.2 Å². The zero-order valence-electron chi connectivity index (χ0n) is 17.8. The molecule has 0 aliphatic rings. The van der Waals surface area contributed by atoms with Gasteiger partial charge in [-0.1, -0.05) is 6.07 Å². The minimum Gasteiger partial charge on any atom is -0.497 e. The van der Waals surface area contributed by atoms with Crippen molar-refractivity contribution in [3.05, 3.63) is 64.8 Å². The predicted molar refractivity (Wildman–Crippen MR) is 117 cm³/mol. The van der Waals surface area contributed by atoms with Crippen molar-refractivity contribution < 1.29 is 27.4 Å². The Morgan fingerprint density at radius 2 is 1.94 bits per heavy atom. The first-order valence-electron chi connectivity index (χ1n) is 9.76. The van der Waals surface area contributed by atoms with Crippen LogP contribution >= 0.6 is 11.3 Å². The van der Waals surface area contributed by atoms with Gasteiger partial charge in [0.1, 0.15) is 11.5 Å². The smallest absolute Gasteiger partial charge is 0.433 e.